The molecule has 3 heteroatoms. The van der Waals surface area contributed by atoms with Crippen molar-refractivity contribution >= 4 is 23.2 Å². The Hall–Kier alpha value is -1.18. The molecule has 0 amide bonds. The Kier molecular flexibility index (Phi) is 4.29. The molecule has 0 fully saturated rings. The van der Waals surface area contributed by atoms with Gasteiger partial charge in [-0.2, -0.15) is 0 Å². The largest absolute Gasteiger partial charge is 0.489 e. The molecule has 0 atom stereocenters. The van der Waals surface area contributed by atoms with E-state index < -0.39 is 4.84 Å². The first-order valence-electron chi connectivity index (χ1n) is 5.31. The summed E-state index contributed by atoms with van der Waals surface area (Å²) in [6.45, 7) is 0.512. The molecular formula is C14H12Cl2O. The van der Waals surface area contributed by atoms with E-state index in [0.29, 0.717) is 6.61 Å². The molecule has 2 aromatic carbocycles. The number of ether oxygens (including phenoxy) is 1. The summed E-state index contributed by atoms with van der Waals surface area (Å²) in [5.74, 6) is 0.728. The highest BCUT2D eigenvalue weighted by Gasteiger charge is 2.09. The predicted octanol–water partition coefficient (Wildman–Crippen LogP) is 4.74. The van der Waals surface area contributed by atoms with Gasteiger partial charge in [-0.25, -0.2) is 0 Å². The molecule has 0 heterocycles. The van der Waals surface area contributed by atoms with Crippen molar-refractivity contribution in [3.05, 3.63) is 65.7 Å². The van der Waals surface area contributed by atoms with Crippen LogP contribution in [0.25, 0.3) is 0 Å². The van der Waals surface area contributed by atoms with E-state index in [1.54, 1.807) is 0 Å². The van der Waals surface area contributed by atoms with Gasteiger partial charge < -0.3 is 4.74 Å². The lowest BCUT2D eigenvalue weighted by Crippen LogP contribution is -1.98. The van der Waals surface area contributed by atoms with Crippen LogP contribution in [0, 0.1) is 0 Å². The third-order valence-electron chi connectivity index (χ3n) is 2.39. The molecule has 0 unspecified atom stereocenters. The van der Waals surface area contributed by atoms with E-state index in [-0.39, 0.29) is 0 Å². The van der Waals surface area contributed by atoms with Crippen molar-refractivity contribution in [1.82, 2.24) is 0 Å². The van der Waals surface area contributed by atoms with E-state index in [2.05, 4.69) is 0 Å². The van der Waals surface area contributed by atoms with Gasteiger partial charge in [-0.1, -0.05) is 71.7 Å². The maximum atomic E-state index is 5.88. The van der Waals surface area contributed by atoms with Crippen molar-refractivity contribution in [1.29, 1.82) is 0 Å². The van der Waals surface area contributed by atoms with Gasteiger partial charge in [-0.05, 0) is 11.6 Å². The molecule has 2 rings (SSSR count). The second-order valence-corrected chi connectivity index (χ2v) is 4.71. The van der Waals surface area contributed by atoms with E-state index in [1.807, 2.05) is 54.6 Å². The Labute approximate surface area is 111 Å². The average Bonchev–Trinajstić information content (AvgIpc) is 2.38. The molecule has 1 nitrogen and oxygen atoms in total. The Morgan fingerprint density at radius 1 is 0.882 bits per heavy atom. The zero-order valence-electron chi connectivity index (χ0n) is 9.14. The molecule has 88 valence electrons. The summed E-state index contributed by atoms with van der Waals surface area (Å²) in [5.41, 5.74) is 1.91. The number of hydrogen-bond donors (Lipinski definition) is 0. The van der Waals surface area contributed by atoms with Crippen LogP contribution in [0.15, 0.2) is 54.6 Å². The van der Waals surface area contributed by atoms with Crippen LogP contribution in [-0.4, -0.2) is 0 Å². The highest BCUT2D eigenvalue weighted by molar-refractivity contribution is 6.44. The highest BCUT2D eigenvalue weighted by Crippen LogP contribution is 2.32. The van der Waals surface area contributed by atoms with Crippen LogP contribution >= 0.6 is 23.2 Å². The minimum Gasteiger partial charge on any atom is -0.489 e. The van der Waals surface area contributed by atoms with Crippen molar-refractivity contribution in [2.45, 2.75) is 11.4 Å². The van der Waals surface area contributed by atoms with Crippen LogP contribution in [0.3, 0.4) is 0 Å². The first-order chi connectivity index (χ1) is 8.27. The number of para-hydroxylation sites is 1. The Morgan fingerprint density at radius 3 is 2.24 bits per heavy atom. The summed E-state index contributed by atoms with van der Waals surface area (Å²) in [4.78, 5) is -0.568. The van der Waals surface area contributed by atoms with E-state index in [9.17, 15) is 0 Å². The number of alkyl halides is 2. The molecule has 0 saturated carbocycles. The molecular weight excluding hydrogens is 255 g/mol. The van der Waals surface area contributed by atoms with E-state index >= 15 is 0 Å². The molecule has 0 spiro atoms. The monoisotopic (exact) mass is 266 g/mol. The Bertz CT molecular complexity index is 469. The normalized spacial score (nSPS) is 10.5. The van der Waals surface area contributed by atoms with E-state index in [0.717, 1.165) is 16.9 Å². The zero-order chi connectivity index (χ0) is 12.1. The second-order valence-electron chi connectivity index (χ2n) is 3.61. The minimum absolute atomic E-state index is 0.512. The van der Waals surface area contributed by atoms with Crippen molar-refractivity contribution < 1.29 is 4.74 Å². The quantitative estimate of drug-likeness (QED) is 0.727. The van der Waals surface area contributed by atoms with Gasteiger partial charge >= 0.3 is 0 Å². The molecule has 0 aliphatic rings. The van der Waals surface area contributed by atoms with Gasteiger partial charge in [-0.15, -0.1) is 0 Å². The van der Waals surface area contributed by atoms with Gasteiger partial charge in [0, 0.05) is 5.56 Å². The SMILES string of the molecule is ClC(Cl)c1ccccc1OCc1ccccc1. The first kappa shape index (κ1) is 12.3. The fourth-order valence-electron chi connectivity index (χ4n) is 1.53. The van der Waals surface area contributed by atoms with Crippen LogP contribution in [0.1, 0.15) is 16.0 Å². The van der Waals surface area contributed by atoms with Gasteiger partial charge in [0.2, 0.25) is 0 Å². The van der Waals surface area contributed by atoms with Crippen molar-refractivity contribution in [3.63, 3.8) is 0 Å². The van der Waals surface area contributed by atoms with Crippen molar-refractivity contribution in [2.24, 2.45) is 0 Å². The molecule has 0 aliphatic heterocycles. The van der Waals surface area contributed by atoms with Gasteiger partial charge in [-0.3, -0.25) is 0 Å². The summed E-state index contributed by atoms with van der Waals surface area (Å²) in [6.07, 6.45) is 0. The van der Waals surface area contributed by atoms with Crippen LogP contribution in [0.5, 0.6) is 5.75 Å². The molecule has 0 aliphatic carbocycles. The van der Waals surface area contributed by atoms with Gasteiger partial charge in [0.25, 0.3) is 0 Å². The Balaban J connectivity index is 2.09. The summed E-state index contributed by atoms with van der Waals surface area (Å²) in [7, 11) is 0. The number of rotatable bonds is 4. The molecule has 0 aromatic heterocycles. The number of halogens is 2. The fraction of sp³-hybridized carbons (Fsp3) is 0.143. The molecule has 0 saturated heterocycles. The van der Waals surface area contributed by atoms with Gasteiger partial charge in [0.05, 0.1) is 0 Å². The lowest BCUT2D eigenvalue weighted by molar-refractivity contribution is 0.303. The van der Waals surface area contributed by atoms with Crippen LogP contribution in [0.4, 0.5) is 0 Å². The first-order valence-corrected chi connectivity index (χ1v) is 6.18. The average molecular weight is 267 g/mol. The highest BCUT2D eigenvalue weighted by atomic mass is 35.5. The van der Waals surface area contributed by atoms with Crippen LogP contribution < -0.4 is 4.74 Å². The third-order valence-corrected chi connectivity index (χ3v) is 2.86. The fourth-order valence-corrected chi connectivity index (χ4v) is 1.89. The van der Waals surface area contributed by atoms with Crippen LogP contribution in [0.2, 0.25) is 0 Å². The van der Waals surface area contributed by atoms with Gasteiger partial charge in [0.15, 0.2) is 0 Å². The van der Waals surface area contributed by atoms with Crippen molar-refractivity contribution in [3.8, 4) is 5.75 Å². The molecule has 17 heavy (non-hydrogen) atoms. The maximum Gasteiger partial charge on any atom is 0.136 e. The molecule has 2 aromatic rings. The predicted molar refractivity (Wildman–Crippen MR) is 71.7 cm³/mol. The van der Waals surface area contributed by atoms with Crippen molar-refractivity contribution in [2.75, 3.05) is 0 Å². The maximum absolute atomic E-state index is 5.88. The van der Waals surface area contributed by atoms with Gasteiger partial charge in [0.1, 0.15) is 17.2 Å². The summed E-state index contributed by atoms with van der Waals surface area (Å²) in [6, 6.07) is 17.5. The standard InChI is InChI=1S/C14H12Cl2O/c15-14(16)12-8-4-5-9-13(12)17-10-11-6-2-1-3-7-11/h1-9,14H,10H2. The summed E-state index contributed by atoms with van der Waals surface area (Å²) in [5, 5.41) is 0. The third kappa shape index (κ3) is 3.39. The summed E-state index contributed by atoms with van der Waals surface area (Å²) < 4.78 is 5.72. The van der Waals surface area contributed by atoms with E-state index in [4.69, 9.17) is 27.9 Å². The Morgan fingerprint density at radius 2 is 1.53 bits per heavy atom. The number of hydrogen-bond acceptors (Lipinski definition) is 1. The topological polar surface area (TPSA) is 9.23 Å². The molecule has 0 radical (unpaired) electrons. The zero-order valence-corrected chi connectivity index (χ0v) is 10.7. The smallest absolute Gasteiger partial charge is 0.136 e. The lowest BCUT2D eigenvalue weighted by Gasteiger charge is -2.11. The second kappa shape index (κ2) is 5.95. The minimum atomic E-state index is -0.568. The lowest BCUT2D eigenvalue weighted by atomic mass is 10.2. The van der Waals surface area contributed by atoms with Crippen LogP contribution in [-0.2, 0) is 6.61 Å². The van der Waals surface area contributed by atoms with E-state index in [1.165, 1.54) is 0 Å². The number of benzene rings is 2. The molecule has 0 N–H and O–H groups in total. The molecule has 0 bridgehead atoms. The summed E-state index contributed by atoms with van der Waals surface area (Å²) >= 11 is 11.8.